The van der Waals surface area contributed by atoms with E-state index in [1.807, 2.05) is 0 Å². The maximum atomic E-state index is 8.97. The summed E-state index contributed by atoms with van der Waals surface area (Å²) in [4.78, 5) is 0. The van der Waals surface area contributed by atoms with Crippen LogP contribution in [0.5, 0.6) is 0 Å². The highest BCUT2D eigenvalue weighted by molar-refractivity contribution is 5.33. The van der Waals surface area contributed by atoms with Crippen molar-refractivity contribution in [3.63, 3.8) is 0 Å². The summed E-state index contributed by atoms with van der Waals surface area (Å²) >= 11 is 0. The molecule has 0 fully saturated rings. The Morgan fingerprint density at radius 3 is 2.50 bits per heavy atom. The van der Waals surface area contributed by atoms with Crippen LogP contribution < -0.4 is 0 Å². The van der Waals surface area contributed by atoms with Crippen molar-refractivity contribution in [2.24, 2.45) is 0 Å². The molecule has 1 unspecified atom stereocenters. The van der Waals surface area contributed by atoms with Gasteiger partial charge in [0.1, 0.15) is 0 Å². The lowest BCUT2D eigenvalue weighted by Crippen LogP contribution is -2.02. The molecule has 0 radical (unpaired) electrons. The van der Waals surface area contributed by atoms with Gasteiger partial charge >= 0.3 is 0 Å². The molecule has 1 nitrogen and oxygen atoms in total. The fourth-order valence-electron chi connectivity index (χ4n) is 2.02. The summed E-state index contributed by atoms with van der Waals surface area (Å²) in [5, 5.41) is 8.97. The van der Waals surface area contributed by atoms with E-state index in [-0.39, 0.29) is 6.61 Å². The first-order valence-electron chi connectivity index (χ1n) is 5.37. The number of aryl methyl sites for hydroxylation is 2. The summed E-state index contributed by atoms with van der Waals surface area (Å²) < 4.78 is 0. The second kappa shape index (κ2) is 5.16. The highest BCUT2D eigenvalue weighted by atomic mass is 16.3. The Labute approximate surface area is 86.8 Å². The number of rotatable bonds is 4. The standard InChI is InChI=1S/C13H20O/c1-4-12(7-8-14)13-6-5-10(2)9-11(13)3/h5-6,9,12,14H,4,7-8H2,1-3H3. The van der Waals surface area contributed by atoms with Crippen molar-refractivity contribution in [1.29, 1.82) is 0 Å². The molecule has 0 heterocycles. The highest BCUT2D eigenvalue weighted by Crippen LogP contribution is 2.26. The van der Waals surface area contributed by atoms with Crippen LogP contribution in [0.25, 0.3) is 0 Å². The van der Waals surface area contributed by atoms with Crippen molar-refractivity contribution < 1.29 is 5.11 Å². The van der Waals surface area contributed by atoms with Crippen molar-refractivity contribution >= 4 is 0 Å². The predicted octanol–water partition coefficient (Wildman–Crippen LogP) is 3.18. The summed E-state index contributed by atoms with van der Waals surface area (Å²) in [5.74, 6) is 0.514. The van der Waals surface area contributed by atoms with Gasteiger partial charge in [-0.05, 0) is 43.7 Å². The second-order valence-corrected chi connectivity index (χ2v) is 3.98. The third-order valence-electron chi connectivity index (χ3n) is 2.84. The van der Waals surface area contributed by atoms with Gasteiger partial charge in [0.25, 0.3) is 0 Å². The quantitative estimate of drug-likeness (QED) is 0.776. The number of hydrogen-bond donors (Lipinski definition) is 1. The normalized spacial score (nSPS) is 12.9. The number of aliphatic hydroxyl groups excluding tert-OH is 1. The number of benzene rings is 1. The zero-order valence-corrected chi connectivity index (χ0v) is 9.38. The maximum absolute atomic E-state index is 8.97. The van der Waals surface area contributed by atoms with E-state index in [0.29, 0.717) is 5.92 Å². The van der Waals surface area contributed by atoms with Gasteiger partial charge in [-0.1, -0.05) is 30.7 Å². The van der Waals surface area contributed by atoms with Gasteiger partial charge in [0.15, 0.2) is 0 Å². The molecule has 1 aromatic rings. The molecule has 14 heavy (non-hydrogen) atoms. The van der Waals surface area contributed by atoms with E-state index in [0.717, 1.165) is 12.8 Å². The lowest BCUT2D eigenvalue weighted by Gasteiger charge is -2.16. The number of aliphatic hydroxyl groups is 1. The Morgan fingerprint density at radius 1 is 1.29 bits per heavy atom. The molecular weight excluding hydrogens is 172 g/mol. The van der Waals surface area contributed by atoms with Gasteiger partial charge < -0.3 is 5.11 Å². The fraction of sp³-hybridized carbons (Fsp3) is 0.538. The zero-order chi connectivity index (χ0) is 10.6. The van der Waals surface area contributed by atoms with Gasteiger partial charge in [-0.15, -0.1) is 0 Å². The van der Waals surface area contributed by atoms with Crippen molar-refractivity contribution in [3.05, 3.63) is 34.9 Å². The smallest absolute Gasteiger partial charge is 0.0436 e. The van der Waals surface area contributed by atoms with Crippen molar-refractivity contribution in [2.75, 3.05) is 6.61 Å². The molecule has 1 aromatic carbocycles. The summed E-state index contributed by atoms with van der Waals surface area (Å²) in [6.45, 7) is 6.73. The van der Waals surface area contributed by atoms with E-state index in [4.69, 9.17) is 5.11 Å². The topological polar surface area (TPSA) is 20.2 Å². The van der Waals surface area contributed by atoms with Crippen LogP contribution in [0.3, 0.4) is 0 Å². The minimum absolute atomic E-state index is 0.284. The molecule has 1 rings (SSSR count). The molecule has 1 heteroatoms. The molecule has 0 aromatic heterocycles. The summed E-state index contributed by atoms with van der Waals surface area (Å²) in [5.41, 5.74) is 4.06. The minimum Gasteiger partial charge on any atom is -0.396 e. The SMILES string of the molecule is CCC(CCO)c1ccc(C)cc1C. The molecule has 0 amide bonds. The first-order valence-corrected chi connectivity index (χ1v) is 5.37. The largest absolute Gasteiger partial charge is 0.396 e. The van der Waals surface area contributed by atoms with Gasteiger partial charge in [0, 0.05) is 6.61 Å². The molecule has 0 aliphatic carbocycles. The van der Waals surface area contributed by atoms with Gasteiger partial charge in [0.05, 0.1) is 0 Å². The summed E-state index contributed by atoms with van der Waals surface area (Å²) in [6.07, 6.45) is 1.98. The van der Waals surface area contributed by atoms with Crippen molar-refractivity contribution in [3.8, 4) is 0 Å². The average molecular weight is 192 g/mol. The van der Waals surface area contributed by atoms with E-state index in [9.17, 15) is 0 Å². The van der Waals surface area contributed by atoms with Gasteiger partial charge in [-0.25, -0.2) is 0 Å². The first kappa shape index (κ1) is 11.3. The Balaban J connectivity index is 2.92. The van der Waals surface area contributed by atoms with Crippen LogP contribution in [-0.2, 0) is 0 Å². The van der Waals surface area contributed by atoms with E-state index in [2.05, 4.69) is 39.0 Å². The van der Waals surface area contributed by atoms with Crippen LogP contribution >= 0.6 is 0 Å². The minimum atomic E-state index is 0.284. The third kappa shape index (κ3) is 2.58. The van der Waals surface area contributed by atoms with E-state index in [1.165, 1.54) is 16.7 Å². The van der Waals surface area contributed by atoms with Gasteiger partial charge in [-0.3, -0.25) is 0 Å². The maximum Gasteiger partial charge on any atom is 0.0436 e. The Morgan fingerprint density at radius 2 is 2.00 bits per heavy atom. The Bertz CT molecular complexity index is 291. The van der Waals surface area contributed by atoms with E-state index in [1.54, 1.807) is 0 Å². The molecule has 0 bridgehead atoms. The van der Waals surface area contributed by atoms with Gasteiger partial charge in [0.2, 0.25) is 0 Å². The number of hydrogen-bond acceptors (Lipinski definition) is 1. The van der Waals surface area contributed by atoms with Crippen LogP contribution in [0.2, 0.25) is 0 Å². The lowest BCUT2D eigenvalue weighted by molar-refractivity contribution is 0.274. The Kier molecular flexibility index (Phi) is 4.15. The molecule has 0 saturated carbocycles. The monoisotopic (exact) mass is 192 g/mol. The first-order chi connectivity index (χ1) is 6.69. The lowest BCUT2D eigenvalue weighted by atomic mass is 9.89. The predicted molar refractivity (Wildman–Crippen MR) is 60.7 cm³/mol. The average Bonchev–Trinajstić information content (AvgIpc) is 2.15. The zero-order valence-electron chi connectivity index (χ0n) is 9.38. The molecule has 0 saturated heterocycles. The summed E-state index contributed by atoms with van der Waals surface area (Å²) in [6, 6.07) is 6.58. The van der Waals surface area contributed by atoms with Crippen molar-refractivity contribution in [2.45, 2.75) is 39.5 Å². The molecule has 0 spiro atoms. The van der Waals surface area contributed by atoms with Crippen LogP contribution in [0.4, 0.5) is 0 Å². The van der Waals surface area contributed by atoms with Crippen LogP contribution in [-0.4, -0.2) is 11.7 Å². The molecule has 1 atom stereocenters. The summed E-state index contributed by atoms with van der Waals surface area (Å²) in [7, 11) is 0. The van der Waals surface area contributed by atoms with Gasteiger partial charge in [-0.2, -0.15) is 0 Å². The van der Waals surface area contributed by atoms with Crippen LogP contribution in [0, 0.1) is 13.8 Å². The second-order valence-electron chi connectivity index (χ2n) is 3.98. The molecular formula is C13H20O. The molecule has 0 aliphatic heterocycles. The van der Waals surface area contributed by atoms with Crippen LogP contribution in [0.15, 0.2) is 18.2 Å². The van der Waals surface area contributed by atoms with Crippen LogP contribution in [0.1, 0.15) is 42.4 Å². The van der Waals surface area contributed by atoms with E-state index >= 15 is 0 Å². The highest BCUT2D eigenvalue weighted by Gasteiger charge is 2.10. The third-order valence-corrected chi connectivity index (χ3v) is 2.84. The molecule has 0 aliphatic rings. The Hall–Kier alpha value is -0.820. The van der Waals surface area contributed by atoms with E-state index < -0.39 is 0 Å². The van der Waals surface area contributed by atoms with Crippen molar-refractivity contribution in [1.82, 2.24) is 0 Å². The molecule has 1 N–H and O–H groups in total. The molecule has 78 valence electrons. The fourth-order valence-corrected chi connectivity index (χ4v) is 2.02.